The second-order valence-corrected chi connectivity index (χ2v) is 6.95. The van der Waals surface area contributed by atoms with Crippen molar-refractivity contribution in [2.75, 3.05) is 0 Å². The highest BCUT2D eigenvalue weighted by Gasteiger charge is 2.36. The first-order valence-electron chi connectivity index (χ1n) is 7.88. The molecule has 1 aliphatic rings. The second kappa shape index (κ2) is 6.55. The number of amides is 2. The van der Waals surface area contributed by atoms with Crippen LogP contribution in [-0.4, -0.2) is 33.5 Å². The molecule has 0 spiro atoms. The van der Waals surface area contributed by atoms with Crippen molar-refractivity contribution in [1.29, 1.82) is 0 Å². The minimum absolute atomic E-state index is 0.0482. The van der Waals surface area contributed by atoms with E-state index in [1.165, 1.54) is 11.0 Å². The van der Waals surface area contributed by atoms with Gasteiger partial charge < -0.3 is 20.5 Å². The third kappa shape index (κ3) is 3.88. The van der Waals surface area contributed by atoms with Gasteiger partial charge in [-0.25, -0.2) is 0 Å². The van der Waals surface area contributed by atoms with E-state index >= 15 is 0 Å². The maximum Gasteiger partial charge on any atom is 0.255 e. The van der Waals surface area contributed by atoms with Gasteiger partial charge in [0.2, 0.25) is 5.91 Å². The summed E-state index contributed by atoms with van der Waals surface area (Å²) in [6.45, 7) is 9.75. The number of carbonyl (C=O) groups excluding carboxylic acids is 2. The number of nitrogens with zero attached hydrogens (tertiary/aromatic N) is 1. The van der Waals surface area contributed by atoms with E-state index in [9.17, 15) is 14.7 Å². The summed E-state index contributed by atoms with van der Waals surface area (Å²) in [5.41, 5.74) is 6.06. The van der Waals surface area contributed by atoms with Crippen LogP contribution in [0.15, 0.2) is 30.5 Å². The van der Waals surface area contributed by atoms with Crippen molar-refractivity contribution in [1.82, 2.24) is 4.90 Å². The predicted octanol–water partition coefficient (Wildman–Crippen LogP) is 2.31. The van der Waals surface area contributed by atoms with Crippen LogP contribution in [0.1, 0.15) is 49.5 Å². The maximum atomic E-state index is 12.5. The van der Waals surface area contributed by atoms with Gasteiger partial charge in [0.05, 0.1) is 12.3 Å². The molecule has 0 saturated carbocycles. The van der Waals surface area contributed by atoms with Crippen molar-refractivity contribution < 1.29 is 19.4 Å². The molecular weight excluding hydrogens is 308 g/mol. The highest BCUT2D eigenvalue weighted by Crippen LogP contribution is 2.32. The molecule has 1 aromatic carbocycles. The summed E-state index contributed by atoms with van der Waals surface area (Å²) in [5, 5.41) is 9.90. The van der Waals surface area contributed by atoms with Crippen molar-refractivity contribution in [2.45, 2.75) is 51.8 Å². The lowest BCUT2D eigenvalue weighted by Crippen LogP contribution is -2.45. The van der Waals surface area contributed by atoms with E-state index < -0.39 is 11.9 Å². The standard InChI is InChI=1S/C18H24N2O4/c1-11(24-18(2,3)4)8-9-14(16(19)22)20-10-13-12(17(20)23)6-5-7-15(13)21/h5-7,14,21H,1,8-10H2,2-4H3,(H2,19,22)/t14-/m0/s1. The Hall–Kier alpha value is -2.50. The largest absolute Gasteiger partial charge is 0.508 e. The lowest BCUT2D eigenvalue weighted by atomic mass is 10.1. The highest BCUT2D eigenvalue weighted by atomic mass is 16.5. The molecule has 0 saturated heterocycles. The van der Waals surface area contributed by atoms with Crippen molar-refractivity contribution in [3.8, 4) is 5.75 Å². The molecule has 0 unspecified atom stereocenters. The smallest absolute Gasteiger partial charge is 0.255 e. The fraction of sp³-hybridized carbons (Fsp3) is 0.444. The molecule has 6 nitrogen and oxygen atoms in total. The second-order valence-electron chi connectivity index (χ2n) is 6.95. The van der Waals surface area contributed by atoms with Gasteiger partial charge in [-0.1, -0.05) is 12.6 Å². The van der Waals surface area contributed by atoms with Gasteiger partial charge in [0.1, 0.15) is 17.4 Å². The zero-order chi connectivity index (χ0) is 18.1. The molecule has 130 valence electrons. The number of rotatable bonds is 6. The van der Waals surface area contributed by atoms with Crippen LogP contribution in [0.3, 0.4) is 0 Å². The van der Waals surface area contributed by atoms with Crippen LogP contribution in [0.5, 0.6) is 5.75 Å². The Labute approximate surface area is 141 Å². The van der Waals surface area contributed by atoms with Crippen LogP contribution in [0.4, 0.5) is 0 Å². The normalized spacial score (nSPS) is 15.1. The summed E-state index contributed by atoms with van der Waals surface area (Å²) in [6, 6.07) is 3.99. The average molecular weight is 332 g/mol. The molecule has 24 heavy (non-hydrogen) atoms. The molecule has 0 radical (unpaired) electrons. The van der Waals surface area contributed by atoms with Gasteiger partial charge in [0, 0.05) is 17.5 Å². The number of hydrogen-bond acceptors (Lipinski definition) is 4. The quantitative estimate of drug-likeness (QED) is 0.782. The highest BCUT2D eigenvalue weighted by molar-refractivity contribution is 6.01. The van der Waals surface area contributed by atoms with E-state index in [1.54, 1.807) is 12.1 Å². The van der Waals surface area contributed by atoms with Crippen LogP contribution in [0.2, 0.25) is 0 Å². The summed E-state index contributed by atoms with van der Waals surface area (Å²) in [7, 11) is 0. The number of phenolic OH excluding ortho intramolecular Hbond substituents is 1. The molecule has 0 fully saturated rings. The van der Waals surface area contributed by atoms with E-state index in [0.29, 0.717) is 29.7 Å². The maximum absolute atomic E-state index is 12.5. The Balaban J connectivity index is 2.10. The third-order valence-electron chi connectivity index (χ3n) is 3.82. The van der Waals surface area contributed by atoms with Crippen LogP contribution < -0.4 is 5.73 Å². The molecule has 2 amide bonds. The van der Waals surface area contributed by atoms with Crippen LogP contribution >= 0.6 is 0 Å². The van der Waals surface area contributed by atoms with E-state index in [1.807, 2.05) is 20.8 Å². The van der Waals surface area contributed by atoms with Gasteiger partial charge in [-0.05, 0) is 39.3 Å². The van der Waals surface area contributed by atoms with Crippen molar-refractivity contribution >= 4 is 11.8 Å². The molecule has 3 N–H and O–H groups in total. The number of fused-ring (bicyclic) bond motifs is 1. The Morgan fingerprint density at radius 1 is 1.46 bits per heavy atom. The molecule has 0 bridgehead atoms. The summed E-state index contributed by atoms with van der Waals surface area (Å²) in [4.78, 5) is 25.8. The molecule has 1 heterocycles. The number of phenols is 1. The number of hydrogen-bond donors (Lipinski definition) is 2. The molecule has 6 heteroatoms. The average Bonchev–Trinajstić information content (AvgIpc) is 2.76. The minimum atomic E-state index is -0.774. The van der Waals surface area contributed by atoms with Crippen LogP contribution in [0.25, 0.3) is 0 Å². The van der Waals surface area contributed by atoms with Gasteiger partial charge in [-0.2, -0.15) is 0 Å². The SMILES string of the molecule is C=C(CC[C@@H](C(N)=O)N1Cc2c(O)cccc2C1=O)OC(C)(C)C. The monoisotopic (exact) mass is 332 g/mol. The number of carbonyl (C=O) groups is 2. The summed E-state index contributed by atoms with van der Waals surface area (Å²) >= 11 is 0. The first kappa shape index (κ1) is 17.8. The topological polar surface area (TPSA) is 92.9 Å². The van der Waals surface area contributed by atoms with Crippen molar-refractivity contribution in [3.05, 3.63) is 41.7 Å². The minimum Gasteiger partial charge on any atom is -0.508 e. The van der Waals surface area contributed by atoms with Crippen LogP contribution in [-0.2, 0) is 16.1 Å². The summed E-state index contributed by atoms with van der Waals surface area (Å²) < 4.78 is 5.65. The number of aromatic hydroxyl groups is 1. The summed E-state index contributed by atoms with van der Waals surface area (Å²) in [5.74, 6) is -0.293. The number of nitrogens with two attached hydrogens (primary N) is 1. The van der Waals surface area contributed by atoms with E-state index in [4.69, 9.17) is 10.5 Å². The molecule has 1 aliphatic heterocycles. The van der Waals surface area contributed by atoms with Gasteiger partial charge in [-0.15, -0.1) is 0 Å². The molecule has 1 aromatic rings. The predicted molar refractivity (Wildman–Crippen MR) is 90.2 cm³/mol. The van der Waals surface area contributed by atoms with Gasteiger partial charge in [0.15, 0.2) is 0 Å². The molecule has 0 aromatic heterocycles. The zero-order valence-corrected chi connectivity index (χ0v) is 14.3. The fourth-order valence-corrected chi connectivity index (χ4v) is 2.82. The van der Waals surface area contributed by atoms with Gasteiger partial charge >= 0.3 is 0 Å². The number of primary amides is 1. The molecule has 2 rings (SSSR count). The Bertz CT molecular complexity index is 676. The van der Waals surface area contributed by atoms with E-state index in [-0.39, 0.29) is 23.8 Å². The first-order valence-corrected chi connectivity index (χ1v) is 7.88. The third-order valence-corrected chi connectivity index (χ3v) is 3.82. The number of ether oxygens (including phenoxy) is 1. The van der Waals surface area contributed by atoms with Gasteiger partial charge in [-0.3, -0.25) is 9.59 Å². The lowest BCUT2D eigenvalue weighted by Gasteiger charge is -2.27. The van der Waals surface area contributed by atoms with E-state index in [0.717, 1.165) is 0 Å². The number of allylic oxidation sites excluding steroid dienone is 1. The Morgan fingerprint density at radius 3 is 2.67 bits per heavy atom. The summed E-state index contributed by atoms with van der Waals surface area (Å²) in [6.07, 6.45) is 0.738. The molecule has 1 atom stereocenters. The number of benzene rings is 1. The lowest BCUT2D eigenvalue weighted by molar-refractivity contribution is -0.122. The Morgan fingerprint density at radius 2 is 2.12 bits per heavy atom. The molecular formula is C18H24N2O4. The van der Waals surface area contributed by atoms with Crippen LogP contribution in [0, 0.1) is 0 Å². The van der Waals surface area contributed by atoms with Crippen molar-refractivity contribution in [2.24, 2.45) is 5.73 Å². The van der Waals surface area contributed by atoms with Gasteiger partial charge in [0.25, 0.3) is 5.91 Å². The zero-order valence-electron chi connectivity index (χ0n) is 14.3. The first-order chi connectivity index (χ1) is 11.1. The van der Waals surface area contributed by atoms with E-state index in [2.05, 4.69) is 6.58 Å². The Kier molecular flexibility index (Phi) is 4.87. The van der Waals surface area contributed by atoms with Crippen molar-refractivity contribution in [3.63, 3.8) is 0 Å². The molecule has 0 aliphatic carbocycles. The fourth-order valence-electron chi connectivity index (χ4n) is 2.82.